The van der Waals surface area contributed by atoms with Crippen LogP contribution in [0.4, 0.5) is 0 Å². The third-order valence-electron chi connectivity index (χ3n) is 3.63. The van der Waals surface area contributed by atoms with Gasteiger partial charge < -0.3 is 10.2 Å². The first-order valence-electron chi connectivity index (χ1n) is 7.49. The fourth-order valence-electron chi connectivity index (χ4n) is 2.46. The number of hydrogen-bond acceptors (Lipinski definition) is 2. The highest BCUT2D eigenvalue weighted by Crippen LogP contribution is 2.31. The number of nitrogens with one attached hydrogen (secondary N) is 1. The summed E-state index contributed by atoms with van der Waals surface area (Å²) in [5, 5.41) is 2.68. The monoisotopic (exact) mass is 286 g/mol. The van der Waals surface area contributed by atoms with Crippen LogP contribution in [0.15, 0.2) is 30.3 Å². The fraction of sp³-hybridized carbons (Fsp3) is 0.412. The van der Waals surface area contributed by atoms with Gasteiger partial charge >= 0.3 is 0 Å². The molecule has 3 rings (SSSR count). The molecule has 0 unspecified atom stereocenters. The van der Waals surface area contributed by atoms with E-state index in [1.807, 2.05) is 31.3 Å². The molecule has 21 heavy (non-hydrogen) atoms. The first kappa shape index (κ1) is 15.3. The van der Waals surface area contributed by atoms with Crippen LogP contribution in [0.1, 0.15) is 48.5 Å². The predicted octanol–water partition coefficient (Wildman–Crippen LogP) is 2.81. The average Bonchev–Trinajstić information content (AvgIpc) is 3.06. The number of amides is 2. The van der Waals surface area contributed by atoms with Gasteiger partial charge in [-0.25, -0.2) is 0 Å². The van der Waals surface area contributed by atoms with E-state index in [0.29, 0.717) is 0 Å². The highest BCUT2D eigenvalue weighted by molar-refractivity contribution is 6.08. The van der Waals surface area contributed by atoms with Crippen molar-refractivity contribution in [3.63, 3.8) is 0 Å². The molecule has 0 saturated carbocycles. The number of benzene rings is 1. The summed E-state index contributed by atoms with van der Waals surface area (Å²) in [5.74, 6) is 0.308. The Bertz CT molecular complexity index is 556. The molecule has 4 nitrogen and oxygen atoms in total. The van der Waals surface area contributed by atoms with Crippen LogP contribution >= 0.6 is 0 Å². The van der Waals surface area contributed by atoms with Gasteiger partial charge in [0.1, 0.15) is 0 Å². The number of carbonyl (C=O) groups is 2. The Morgan fingerprint density at radius 3 is 2.48 bits per heavy atom. The van der Waals surface area contributed by atoms with Gasteiger partial charge in [0.25, 0.3) is 5.91 Å². The van der Waals surface area contributed by atoms with Crippen molar-refractivity contribution in [1.29, 1.82) is 0 Å². The number of hydrogen-bond donors (Lipinski definition) is 1. The van der Waals surface area contributed by atoms with Gasteiger partial charge in [0.2, 0.25) is 5.91 Å². The summed E-state index contributed by atoms with van der Waals surface area (Å²) >= 11 is 0. The molecule has 1 aromatic rings. The summed E-state index contributed by atoms with van der Waals surface area (Å²) in [5.41, 5.74) is 2.94. The lowest BCUT2D eigenvalue weighted by Crippen LogP contribution is -2.17. The molecule has 0 radical (unpaired) electrons. The van der Waals surface area contributed by atoms with E-state index in [4.69, 9.17) is 0 Å². The van der Waals surface area contributed by atoms with Gasteiger partial charge in [0.15, 0.2) is 0 Å². The molecule has 1 fully saturated rings. The Hall–Kier alpha value is -2.10. The van der Waals surface area contributed by atoms with Crippen LogP contribution in [0.25, 0.3) is 5.70 Å². The maximum atomic E-state index is 11.9. The highest BCUT2D eigenvalue weighted by Gasteiger charge is 2.28. The largest absolute Gasteiger partial charge is 0.356 e. The van der Waals surface area contributed by atoms with Crippen molar-refractivity contribution in [1.82, 2.24) is 10.2 Å². The van der Waals surface area contributed by atoms with Gasteiger partial charge in [-0.1, -0.05) is 37.6 Å². The predicted molar refractivity (Wildman–Crippen MR) is 83.7 cm³/mol. The van der Waals surface area contributed by atoms with Crippen LogP contribution in [-0.2, 0) is 4.79 Å². The smallest absolute Gasteiger partial charge is 0.258 e. The summed E-state index contributed by atoms with van der Waals surface area (Å²) in [6, 6.07) is 7.79. The molecule has 112 valence electrons. The highest BCUT2D eigenvalue weighted by atomic mass is 16.2. The molecule has 0 aliphatic carbocycles. The molecule has 0 aromatic heterocycles. The number of carbonyl (C=O) groups excluding carboxylic acids is 2. The molecule has 0 spiro atoms. The van der Waals surface area contributed by atoms with E-state index in [1.165, 1.54) is 0 Å². The van der Waals surface area contributed by atoms with Gasteiger partial charge in [-0.15, -0.1) is 0 Å². The normalized spacial score (nSPS) is 18.4. The SMILES string of the molecule is CCC/C=C1\c2ccccc2C(=O)N1C.O=C1CCCN1. The molecule has 1 saturated heterocycles. The second-order valence-electron chi connectivity index (χ2n) is 5.24. The molecule has 4 heteroatoms. The van der Waals surface area contributed by atoms with Crippen molar-refractivity contribution in [2.75, 3.05) is 13.6 Å². The topological polar surface area (TPSA) is 49.4 Å². The summed E-state index contributed by atoms with van der Waals surface area (Å²) in [4.78, 5) is 23.7. The van der Waals surface area contributed by atoms with Gasteiger partial charge in [-0.3, -0.25) is 9.59 Å². The third kappa shape index (κ3) is 3.51. The molecule has 0 atom stereocenters. The zero-order valence-electron chi connectivity index (χ0n) is 12.7. The lowest BCUT2D eigenvalue weighted by atomic mass is 10.1. The Morgan fingerprint density at radius 2 is 1.95 bits per heavy atom. The molecular weight excluding hydrogens is 264 g/mol. The van der Waals surface area contributed by atoms with E-state index in [-0.39, 0.29) is 11.8 Å². The summed E-state index contributed by atoms with van der Waals surface area (Å²) in [7, 11) is 1.84. The second-order valence-corrected chi connectivity index (χ2v) is 5.24. The summed E-state index contributed by atoms with van der Waals surface area (Å²) in [6.07, 6.45) is 6.03. The second kappa shape index (κ2) is 7.07. The molecule has 2 heterocycles. The van der Waals surface area contributed by atoms with Crippen LogP contribution in [0.5, 0.6) is 0 Å². The van der Waals surface area contributed by atoms with E-state index in [2.05, 4.69) is 18.3 Å². The Labute approximate surface area is 125 Å². The maximum Gasteiger partial charge on any atom is 0.258 e. The van der Waals surface area contributed by atoms with E-state index in [1.54, 1.807) is 4.90 Å². The summed E-state index contributed by atoms with van der Waals surface area (Å²) in [6.45, 7) is 3.03. The zero-order chi connectivity index (χ0) is 15.2. The summed E-state index contributed by atoms with van der Waals surface area (Å²) < 4.78 is 0. The van der Waals surface area contributed by atoms with Crippen molar-refractivity contribution in [2.45, 2.75) is 32.6 Å². The maximum absolute atomic E-state index is 11.9. The minimum atomic E-state index is 0.105. The molecule has 2 aliphatic rings. The van der Waals surface area contributed by atoms with Gasteiger partial charge in [-0.2, -0.15) is 0 Å². The Balaban J connectivity index is 0.000000225. The number of rotatable bonds is 2. The fourth-order valence-corrected chi connectivity index (χ4v) is 2.46. The quantitative estimate of drug-likeness (QED) is 0.909. The molecule has 1 N–H and O–H groups in total. The molecule has 2 aliphatic heterocycles. The van der Waals surface area contributed by atoms with Gasteiger partial charge in [0, 0.05) is 36.8 Å². The number of allylic oxidation sites excluding steroid dienone is 1. The first-order chi connectivity index (χ1) is 10.1. The standard InChI is InChI=1S/C13H15NO.C4H7NO/c1-3-4-9-12-10-7-5-6-8-11(10)13(15)14(12)2;6-4-2-1-3-5-4/h5-9H,3-4H2,1-2H3;1-3H2,(H,5,6)/b12-9+;. The van der Waals surface area contributed by atoms with Crippen molar-refractivity contribution in [3.05, 3.63) is 41.5 Å². The average molecular weight is 286 g/mol. The lowest BCUT2D eigenvalue weighted by Gasteiger charge is -2.10. The van der Waals surface area contributed by atoms with Crippen molar-refractivity contribution in [3.8, 4) is 0 Å². The minimum Gasteiger partial charge on any atom is -0.356 e. The van der Waals surface area contributed by atoms with E-state index >= 15 is 0 Å². The van der Waals surface area contributed by atoms with Crippen LogP contribution in [0.3, 0.4) is 0 Å². The van der Waals surface area contributed by atoms with Crippen molar-refractivity contribution >= 4 is 17.5 Å². The zero-order valence-corrected chi connectivity index (χ0v) is 12.7. The lowest BCUT2D eigenvalue weighted by molar-refractivity contribution is -0.119. The molecule has 0 bridgehead atoms. The Morgan fingerprint density at radius 1 is 1.24 bits per heavy atom. The molecular formula is C17H22N2O2. The third-order valence-corrected chi connectivity index (χ3v) is 3.63. The molecule has 1 aromatic carbocycles. The van der Waals surface area contributed by atoms with Crippen LogP contribution in [-0.4, -0.2) is 30.3 Å². The van der Waals surface area contributed by atoms with E-state index in [9.17, 15) is 9.59 Å². The van der Waals surface area contributed by atoms with Gasteiger partial charge in [-0.05, 0) is 18.9 Å². The minimum absolute atomic E-state index is 0.105. The van der Waals surface area contributed by atoms with E-state index in [0.717, 1.165) is 49.1 Å². The van der Waals surface area contributed by atoms with Crippen LogP contribution in [0.2, 0.25) is 0 Å². The Kier molecular flexibility index (Phi) is 5.14. The number of fused-ring (bicyclic) bond motifs is 1. The number of unbranched alkanes of at least 4 members (excludes halogenated alkanes) is 1. The van der Waals surface area contributed by atoms with Gasteiger partial charge in [0.05, 0.1) is 0 Å². The van der Waals surface area contributed by atoms with Crippen molar-refractivity contribution in [2.24, 2.45) is 0 Å². The van der Waals surface area contributed by atoms with Crippen molar-refractivity contribution < 1.29 is 9.59 Å². The number of nitrogens with zero attached hydrogens (tertiary/aromatic N) is 1. The van der Waals surface area contributed by atoms with Crippen LogP contribution in [0, 0.1) is 0 Å². The molecule has 2 amide bonds. The van der Waals surface area contributed by atoms with Crippen LogP contribution < -0.4 is 5.32 Å². The first-order valence-corrected chi connectivity index (χ1v) is 7.49. The van der Waals surface area contributed by atoms with E-state index < -0.39 is 0 Å².